The van der Waals surface area contributed by atoms with E-state index in [1.807, 2.05) is 11.3 Å². The fourth-order valence-electron chi connectivity index (χ4n) is 3.17. The summed E-state index contributed by atoms with van der Waals surface area (Å²) in [5.74, 6) is 0. The Morgan fingerprint density at radius 2 is 0.917 bits per heavy atom. The van der Waals surface area contributed by atoms with E-state index in [4.69, 9.17) is 0 Å². The lowest BCUT2D eigenvalue weighted by Gasteiger charge is -2.09. The molecule has 0 spiro atoms. The SMILES string of the molecule is [SiH3]c1sc(-c2ccccc2)c(-c2ccccc2)c1-c1ccccc1. The Morgan fingerprint density at radius 3 is 1.42 bits per heavy atom. The van der Waals surface area contributed by atoms with Crippen LogP contribution >= 0.6 is 11.3 Å². The Hall–Kier alpha value is -2.42. The first-order valence-corrected chi connectivity index (χ1v) is 9.96. The molecule has 2 heteroatoms. The predicted octanol–water partition coefficient (Wildman–Crippen LogP) is 4.74. The summed E-state index contributed by atoms with van der Waals surface area (Å²) >= 11 is 1.95. The third-order valence-electron chi connectivity index (χ3n) is 4.25. The Bertz CT molecular complexity index is 941. The predicted molar refractivity (Wildman–Crippen MR) is 110 cm³/mol. The van der Waals surface area contributed by atoms with Crippen LogP contribution in [0.3, 0.4) is 0 Å². The van der Waals surface area contributed by atoms with Gasteiger partial charge in [-0.15, -0.1) is 11.3 Å². The minimum Gasteiger partial charge on any atom is -0.145 e. The van der Waals surface area contributed by atoms with Crippen LogP contribution < -0.4 is 4.50 Å². The molecule has 0 saturated carbocycles. The summed E-state index contributed by atoms with van der Waals surface area (Å²) in [6.07, 6.45) is 0. The van der Waals surface area contributed by atoms with Gasteiger partial charge in [0.2, 0.25) is 0 Å². The first kappa shape index (κ1) is 15.1. The van der Waals surface area contributed by atoms with Gasteiger partial charge in [0, 0.05) is 10.4 Å². The van der Waals surface area contributed by atoms with Crippen LogP contribution in [-0.4, -0.2) is 10.2 Å². The average molecular weight is 343 g/mol. The zero-order valence-electron chi connectivity index (χ0n) is 13.6. The molecule has 0 aliphatic carbocycles. The summed E-state index contributed by atoms with van der Waals surface area (Å²) in [7, 11) is 1.05. The van der Waals surface area contributed by atoms with Crippen LogP contribution in [0.5, 0.6) is 0 Å². The smallest absolute Gasteiger partial charge is 0.0522 e. The maximum absolute atomic E-state index is 2.23. The first-order chi connectivity index (χ1) is 11.8. The van der Waals surface area contributed by atoms with Gasteiger partial charge in [0.05, 0.1) is 10.2 Å². The van der Waals surface area contributed by atoms with Crippen molar-refractivity contribution in [3.05, 3.63) is 91.0 Å². The topological polar surface area (TPSA) is 0 Å². The largest absolute Gasteiger partial charge is 0.145 e. The van der Waals surface area contributed by atoms with Crippen LogP contribution in [0.15, 0.2) is 91.0 Å². The van der Waals surface area contributed by atoms with Crippen molar-refractivity contribution in [2.24, 2.45) is 0 Å². The summed E-state index contributed by atoms with van der Waals surface area (Å²) in [5.41, 5.74) is 6.72. The minimum absolute atomic E-state index is 1.05. The van der Waals surface area contributed by atoms with Crippen molar-refractivity contribution in [1.29, 1.82) is 0 Å². The zero-order valence-corrected chi connectivity index (χ0v) is 16.4. The lowest BCUT2D eigenvalue weighted by molar-refractivity contribution is 1.63. The summed E-state index contributed by atoms with van der Waals surface area (Å²) in [6.45, 7) is 0. The van der Waals surface area contributed by atoms with Gasteiger partial charge < -0.3 is 0 Å². The molecular weight excluding hydrogens is 324 g/mol. The van der Waals surface area contributed by atoms with Gasteiger partial charge in [0.15, 0.2) is 0 Å². The second-order valence-electron chi connectivity index (χ2n) is 5.84. The number of hydrogen-bond donors (Lipinski definition) is 0. The van der Waals surface area contributed by atoms with E-state index >= 15 is 0 Å². The molecule has 0 atom stereocenters. The van der Waals surface area contributed by atoms with Gasteiger partial charge in [-0.05, 0) is 26.8 Å². The van der Waals surface area contributed by atoms with Crippen LogP contribution in [0, 0.1) is 0 Å². The normalized spacial score (nSPS) is 10.8. The summed E-state index contributed by atoms with van der Waals surface area (Å²) in [6, 6.07) is 32.4. The van der Waals surface area contributed by atoms with Crippen LogP contribution in [0.4, 0.5) is 0 Å². The molecule has 0 radical (unpaired) electrons. The van der Waals surface area contributed by atoms with Gasteiger partial charge in [-0.2, -0.15) is 0 Å². The molecule has 4 aromatic rings. The van der Waals surface area contributed by atoms with E-state index in [-0.39, 0.29) is 0 Å². The molecule has 1 aromatic heterocycles. The van der Waals surface area contributed by atoms with E-state index in [1.165, 1.54) is 37.2 Å². The quantitative estimate of drug-likeness (QED) is 0.472. The second-order valence-corrected chi connectivity index (χ2v) is 8.78. The lowest BCUT2D eigenvalue weighted by atomic mass is 9.95. The maximum Gasteiger partial charge on any atom is 0.0522 e. The fourth-order valence-corrected chi connectivity index (χ4v) is 5.53. The Kier molecular flexibility index (Phi) is 4.16. The molecule has 0 fully saturated rings. The molecule has 1 heterocycles. The standard InChI is InChI=1S/C22H18SSi/c24-22-20(17-12-6-2-7-13-17)19(16-10-4-1-5-11-16)21(23-22)18-14-8-3-9-15-18/h1-15H,24H3. The fraction of sp³-hybridized carbons (Fsp3) is 0. The first-order valence-electron chi connectivity index (χ1n) is 8.14. The highest BCUT2D eigenvalue weighted by atomic mass is 32.1. The van der Waals surface area contributed by atoms with Gasteiger partial charge in [0.25, 0.3) is 0 Å². The highest BCUT2D eigenvalue weighted by Gasteiger charge is 2.19. The van der Waals surface area contributed by atoms with Crippen LogP contribution in [0.25, 0.3) is 32.7 Å². The molecule has 116 valence electrons. The van der Waals surface area contributed by atoms with E-state index in [1.54, 1.807) is 0 Å². The minimum atomic E-state index is 1.05. The Labute approximate surface area is 149 Å². The molecule has 24 heavy (non-hydrogen) atoms. The maximum atomic E-state index is 2.23. The summed E-state index contributed by atoms with van der Waals surface area (Å²) < 4.78 is 1.50. The zero-order chi connectivity index (χ0) is 16.4. The molecule has 0 unspecified atom stereocenters. The van der Waals surface area contributed by atoms with E-state index in [0.717, 1.165) is 10.2 Å². The molecule has 0 aliphatic heterocycles. The number of rotatable bonds is 3. The molecule has 3 aromatic carbocycles. The molecule has 4 rings (SSSR count). The molecule has 0 nitrogen and oxygen atoms in total. The van der Waals surface area contributed by atoms with Crippen molar-refractivity contribution in [3.63, 3.8) is 0 Å². The van der Waals surface area contributed by atoms with Crippen LogP contribution in [0.2, 0.25) is 0 Å². The molecule has 0 saturated heterocycles. The van der Waals surface area contributed by atoms with Gasteiger partial charge in [-0.1, -0.05) is 91.0 Å². The van der Waals surface area contributed by atoms with E-state index in [2.05, 4.69) is 91.0 Å². The molecule has 0 amide bonds. The highest BCUT2D eigenvalue weighted by molar-refractivity contribution is 7.24. The van der Waals surface area contributed by atoms with E-state index < -0.39 is 0 Å². The van der Waals surface area contributed by atoms with Gasteiger partial charge in [-0.3, -0.25) is 0 Å². The molecule has 0 bridgehead atoms. The number of thiophene rings is 1. The number of hydrogen-bond acceptors (Lipinski definition) is 1. The van der Waals surface area contributed by atoms with Gasteiger partial charge in [0.1, 0.15) is 0 Å². The van der Waals surface area contributed by atoms with Crippen molar-refractivity contribution >= 4 is 26.1 Å². The number of benzene rings is 3. The van der Waals surface area contributed by atoms with Gasteiger partial charge in [-0.25, -0.2) is 0 Å². The van der Waals surface area contributed by atoms with Gasteiger partial charge >= 0.3 is 0 Å². The van der Waals surface area contributed by atoms with Crippen molar-refractivity contribution < 1.29 is 0 Å². The van der Waals surface area contributed by atoms with E-state index in [0.29, 0.717) is 0 Å². The van der Waals surface area contributed by atoms with Crippen molar-refractivity contribution in [2.45, 2.75) is 0 Å². The molecular formula is C22H18SSi. The second kappa shape index (κ2) is 6.60. The van der Waals surface area contributed by atoms with E-state index in [9.17, 15) is 0 Å². The summed E-state index contributed by atoms with van der Waals surface area (Å²) in [5, 5.41) is 0. The third kappa shape index (κ3) is 2.75. The van der Waals surface area contributed by atoms with Crippen LogP contribution in [0.1, 0.15) is 0 Å². The highest BCUT2D eigenvalue weighted by Crippen LogP contribution is 2.42. The molecule has 0 N–H and O–H groups in total. The van der Waals surface area contributed by atoms with Crippen molar-refractivity contribution in [2.75, 3.05) is 0 Å². The molecule has 0 aliphatic rings. The van der Waals surface area contributed by atoms with Crippen LogP contribution in [-0.2, 0) is 0 Å². The Balaban J connectivity index is 2.03. The monoisotopic (exact) mass is 342 g/mol. The Morgan fingerprint density at radius 1 is 0.500 bits per heavy atom. The third-order valence-corrected chi connectivity index (χ3v) is 6.51. The summed E-state index contributed by atoms with van der Waals surface area (Å²) in [4.78, 5) is 1.38. The lowest BCUT2D eigenvalue weighted by Crippen LogP contribution is -1.99. The van der Waals surface area contributed by atoms with Crippen molar-refractivity contribution in [3.8, 4) is 32.7 Å². The van der Waals surface area contributed by atoms with Crippen molar-refractivity contribution in [1.82, 2.24) is 0 Å². The average Bonchev–Trinajstić information content (AvgIpc) is 3.01.